The summed E-state index contributed by atoms with van der Waals surface area (Å²) in [7, 11) is 0. The van der Waals surface area contributed by atoms with Gasteiger partial charge in [-0.25, -0.2) is 9.07 Å². The highest BCUT2D eigenvalue weighted by Crippen LogP contribution is 2.37. The first kappa shape index (κ1) is 26.1. The van der Waals surface area contributed by atoms with Crippen molar-refractivity contribution in [2.24, 2.45) is 5.92 Å². The minimum Gasteiger partial charge on any atom is -0.486 e. The van der Waals surface area contributed by atoms with Gasteiger partial charge in [0.25, 0.3) is 0 Å². The Balaban J connectivity index is 1.57. The van der Waals surface area contributed by atoms with Crippen molar-refractivity contribution in [1.29, 1.82) is 0 Å². The Hall–Kier alpha value is -4.47. The van der Waals surface area contributed by atoms with Gasteiger partial charge in [-0.15, -0.1) is 5.10 Å². The van der Waals surface area contributed by atoms with Gasteiger partial charge in [-0.1, -0.05) is 43.3 Å². The topological polar surface area (TPSA) is 98.6 Å². The van der Waals surface area contributed by atoms with Crippen LogP contribution in [0.5, 0.6) is 11.5 Å². The van der Waals surface area contributed by atoms with Gasteiger partial charge in [0.05, 0.1) is 5.52 Å². The number of ether oxygens (including phenoxy) is 2. The molecule has 1 N–H and O–H groups in total. The van der Waals surface area contributed by atoms with E-state index in [1.165, 1.54) is 33.8 Å². The van der Waals surface area contributed by atoms with E-state index < -0.39 is 17.8 Å². The average Bonchev–Trinajstić information content (AvgIpc) is 3.34. The van der Waals surface area contributed by atoms with Gasteiger partial charge in [0.1, 0.15) is 37.1 Å². The summed E-state index contributed by atoms with van der Waals surface area (Å²) in [6.07, 6.45) is 0.769. The van der Waals surface area contributed by atoms with Crippen LogP contribution < -0.4 is 19.7 Å². The van der Waals surface area contributed by atoms with Crippen LogP contribution in [0.4, 0.5) is 10.1 Å². The summed E-state index contributed by atoms with van der Waals surface area (Å²) >= 11 is 0. The van der Waals surface area contributed by atoms with Gasteiger partial charge in [0.2, 0.25) is 11.8 Å². The monoisotopic (exact) mass is 531 g/mol. The lowest BCUT2D eigenvalue weighted by Crippen LogP contribution is -2.45. The SMILES string of the molecule is CC(C)CCNC(=O)[C@@H](c1ccc(F)cc1)N(C(=O)Cn1nnc2ccccc21)c1ccc2c(c1)OCCO2. The van der Waals surface area contributed by atoms with E-state index in [0.717, 1.165) is 6.42 Å². The highest BCUT2D eigenvalue weighted by atomic mass is 19.1. The second-order valence-corrected chi connectivity index (χ2v) is 9.76. The summed E-state index contributed by atoms with van der Waals surface area (Å²) < 4.78 is 26.8. The summed E-state index contributed by atoms with van der Waals surface area (Å²) in [5.74, 6) is 0.180. The molecule has 202 valence electrons. The molecule has 2 heterocycles. The van der Waals surface area contributed by atoms with E-state index in [2.05, 4.69) is 29.5 Å². The number of halogens is 1. The maximum atomic E-state index is 14.1. The minimum atomic E-state index is -1.08. The van der Waals surface area contributed by atoms with Gasteiger partial charge in [-0.3, -0.25) is 14.5 Å². The molecule has 1 aromatic heterocycles. The zero-order chi connectivity index (χ0) is 27.4. The van der Waals surface area contributed by atoms with Gasteiger partial charge >= 0.3 is 0 Å². The molecule has 3 aromatic carbocycles. The number of nitrogens with one attached hydrogen (secondary N) is 1. The second kappa shape index (κ2) is 11.5. The number of anilines is 1. The van der Waals surface area contributed by atoms with E-state index in [9.17, 15) is 14.0 Å². The lowest BCUT2D eigenvalue weighted by atomic mass is 10.0. The number of aromatic nitrogens is 3. The number of carbonyl (C=O) groups is 2. The molecule has 1 aliphatic rings. The van der Waals surface area contributed by atoms with Crippen LogP contribution in [0.15, 0.2) is 66.7 Å². The van der Waals surface area contributed by atoms with E-state index in [1.54, 1.807) is 18.2 Å². The van der Waals surface area contributed by atoms with Crippen molar-refractivity contribution in [1.82, 2.24) is 20.3 Å². The van der Waals surface area contributed by atoms with E-state index in [1.807, 2.05) is 24.3 Å². The molecule has 2 amide bonds. The summed E-state index contributed by atoms with van der Waals surface area (Å²) in [4.78, 5) is 29.3. The van der Waals surface area contributed by atoms with Crippen molar-refractivity contribution < 1.29 is 23.5 Å². The smallest absolute Gasteiger partial charge is 0.249 e. The highest BCUT2D eigenvalue weighted by Gasteiger charge is 2.34. The van der Waals surface area contributed by atoms with Gasteiger partial charge in [-0.05, 0) is 54.3 Å². The average molecular weight is 532 g/mol. The van der Waals surface area contributed by atoms with Crippen LogP contribution in [0, 0.1) is 11.7 Å². The van der Waals surface area contributed by atoms with Crippen LogP contribution in [0.1, 0.15) is 31.9 Å². The molecule has 39 heavy (non-hydrogen) atoms. The first-order valence-electron chi connectivity index (χ1n) is 12.9. The molecule has 0 radical (unpaired) electrons. The predicted octanol–water partition coefficient (Wildman–Crippen LogP) is 4.28. The van der Waals surface area contributed by atoms with Crippen LogP contribution in [0.25, 0.3) is 11.0 Å². The molecule has 10 heteroatoms. The number of amides is 2. The van der Waals surface area contributed by atoms with Crippen molar-refractivity contribution in [3.8, 4) is 11.5 Å². The molecule has 5 rings (SSSR count). The second-order valence-electron chi connectivity index (χ2n) is 9.76. The lowest BCUT2D eigenvalue weighted by molar-refractivity contribution is -0.127. The number of benzene rings is 3. The number of carbonyl (C=O) groups excluding carboxylic acids is 2. The molecule has 0 saturated heterocycles. The van der Waals surface area contributed by atoms with Crippen LogP contribution in [0.2, 0.25) is 0 Å². The molecule has 1 atom stereocenters. The molecule has 0 aliphatic carbocycles. The van der Waals surface area contributed by atoms with Crippen molar-refractivity contribution >= 4 is 28.5 Å². The minimum absolute atomic E-state index is 0.175. The van der Waals surface area contributed by atoms with Crippen LogP contribution in [-0.4, -0.2) is 46.6 Å². The Morgan fingerprint density at radius 2 is 1.77 bits per heavy atom. The van der Waals surface area contributed by atoms with Gasteiger partial charge in [0, 0.05) is 18.3 Å². The van der Waals surface area contributed by atoms with Crippen molar-refractivity contribution in [2.75, 3.05) is 24.7 Å². The Kier molecular flexibility index (Phi) is 7.72. The number of hydrogen-bond donors (Lipinski definition) is 1. The van der Waals surface area contributed by atoms with Crippen molar-refractivity contribution in [3.63, 3.8) is 0 Å². The number of nitrogens with zero attached hydrogens (tertiary/aromatic N) is 4. The number of rotatable bonds is 9. The normalized spacial score (nSPS) is 13.3. The largest absolute Gasteiger partial charge is 0.486 e. The van der Waals surface area contributed by atoms with Crippen molar-refractivity contribution in [2.45, 2.75) is 32.9 Å². The molecular weight excluding hydrogens is 501 g/mol. The van der Waals surface area contributed by atoms with Crippen LogP contribution in [-0.2, 0) is 16.1 Å². The molecule has 4 aromatic rings. The summed E-state index contributed by atoms with van der Waals surface area (Å²) in [6.45, 7) is 5.18. The third-order valence-electron chi connectivity index (χ3n) is 6.49. The highest BCUT2D eigenvalue weighted by molar-refractivity contribution is 6.01. The number of fused-ring (bicyclic) bond motifs is 2. The third kappa shape index (κ3) is 5.84. The van der Waals surface area contributed by atoms with Crippen LogP contribution in [0.3, 0.4) is 0 Å². The number of hydrogen-bond acceptors (Lipinski definition) is 6. The lowest BCUT2D eigenvalue weighted by Gasteiger charge is -2.32. The summed E-state index contributed by atoms with van der Waals surface area (Å²) in [6, 6.07) is 16.9. The van der Waals surface area contributed by atoms with Gasteiger partial charge < -0.3 is 14.8 Å². The standard InChI is InChI=1S/C29H30FN5O4/c1-19(2)13-14-31-29(37)28(20-7-9-21(30)10-8-20)35(22-11-12-25-26(17-22)39-16-15-38-25)27(36)18-34-24-6-4-3-5-23(24)32-33-34/h3-12,17,19,28H,13-16,18H2,1-2H3,(H,31,37)/t28-/m1/s1. The third-order valence-corrected chi connectivity index (χ3v) is 6.49. The molecule has 9 nitrogen and oxygen atoms in total. The van der Waals surface area contributed by atoms with Crippen molar-refractivity contribution in [3.05, 3.63) is 78.1 Å². The first-order valence-corrected chi connectivity index (χ1v) is 12.9. The van der Waals surface area contributed by atoms with E-state index in [4.69, 9.17) is 9.47 Å². The molecular formula is C29H30FN5O4. The Morgan fingerprint density at radius 3 is 2.54 bits per heavy atom. The zero-order valence-corrected chi connectivity index (χ0v) is 21.8. The van der Waals surface area contributed by atoms with E-state index >= 15 is 0 Å². The molecule has 0 unspecified atom stereocenters. The molecule has 0 fully saturated rings. The molecule has 0 saturated carbocycles. The first-order chi connectivity index (χ1) is 18.9. The fraction of sp³-hybridized carbons (Fsp3) is 0.310. The maximum absolute atomic E-state index is 14.1. The van der Waals surface area contributed by atoms with Crippen LogP contribution >= 0.6 is 0 Å². The maximum Gasteiger partial charge on any atom is 0.249 e. The zero-order valence-electron chi connectivity index (χ0n) is 21.8. The fourth-order valence-electron chi connectivity index (χ4n) is 4.50. The van der Waals surface area contributed by atoms with Gasteiger partial charge in [0.15, 0.2) is 11.5 Å². The Morgan fingerprint density at radius 1 is 1.03 bits per heavy atom. The fourth-order valence-corrected chi connectivity index (χ4v) is 4.50. The number of para-hydroxylation sites is 1. The predicted molar refractivity (Wildman–Crippen MR) is 144 cm³/mol. The summed E-state index contributed by atoms with van der Waals surface area (Å²) in [5, 5.41) is 11.3. The Labute approximate surface area is 225 Å². The molecule has 1 aliphatic heterocycles. The quantitative estimate of drug-likeness (QED) is 0.346. The summed E-state index contributed by atoms with van der Waals surface area (Å²) in [5.41, 5.74) is 2.23. The van der Waals surface area contributed by atoms with E-state index in [0.29, 0.717) is 59.5 Å². The van der Waals surface area contributed by atoms with Gasteiger partial charge in [-0.2, -0.15) is 0 Å². The molecule has 0 bridgehead atoms. The van der Waals surface area contributed by atoms with E-state index in [-0.39, 0.29) is 12.5 Å². The Bertz CT molecular complexity index is 1470. The molecule has 0 spiro atoms.